The summed E-state index contributed by atoms with van der Waals surface area (Å²) in [7, 11) is 1.40. The van der Waals surface area contributed by atoms with Crippen LogP contribution in [-0.2, 0) is 21.9 Å². The number of methoxy groups -OCH3 is 1. The fraction of sp³-hybridized carbons (Fsp3) is 0.238. The third kappa shape index (κ3) is 5.84. The number of carbonyl (C=O) groups is 1. The first-order valence-corrected chi connectivity index (χ1v) is 10.6. The van der Waals surface area contributed by atoms with E-state index in [0.717, 1.165) is 33.3 Å². The van der Waals surface area contributed by atoms with E-state index < -0.39 is 0 Å². The Bertz CT molecular complexity index is 890. The monoisotopic (exact) mass is 399 g/mol. The molecule has 3 aromatic rings. The first kappa shape index (κ1) is 19.5. The van der Waals surface area contributed by atoms with Crippen LogP contribution >= 0.6 is 23.1 Å². The molecule has 0 unspecified atom stereocenters. The van der Waals surface area contributed by atoms with Crippen molar-refractivity contribution in [2.75, 3.05) is 12.9 Å². The minimum atomic E-state index is -0.208. The Morgan fingerprint density at radius 2 is 2.00 bits per heavy atom. The van der Waals surface area contributed by atoms with Gasteiger partial charge in [0.15, 0.2) is 0 Å². The van der Waals surface area contributed by atoms with Crippen molar-refractivity contribution in [3.05, 3.63) is 70.0 Å². The van der Waals surface area contributed by atoms with Gasteiger partial charge < -0.3 is 9.47 Å². The van der Waals surface area contributed by atoms with Gasteiger partial charge in [-0.1, -0.05) is 42.0 Å². The summed E-state index contributed by atoms with van der Waals surface area (Å²) in [4.78, 5) is 15.8. The van der Waals surface area contributed by atoms with E-state index in [-0.39, 0.29) is 5.97 Å². The van der Waals surface area contributed by atoms with Gasteiger partial charge in [0, 0.05) is 16.7 Å². The molecule has 0 saturated heterocycles. The third-order valence-corrected chi connectivity index (χ3v) is 5.68. The number of aromatic nitrogens is 1. The van der Waals surface area contributed by atoms with Gasteiger partial charge in [-0.3, -0.25) is 4.79 Å². The minimum absolute atomic E-state index is 0.208. The van der Waals surface area contributed by atoms with Gasteiger partial charge in [0.25, 0.3) is 0 Å². The summed E-state index contributed by atoms with van der Waals surface area (Å²) in [6.07, 6.45) is 0. The Morgan fingerprint density at radius 1 is 1.19 bits per heavy atom. The van der Waals surface area contributed by atoms with Crippen LogP contribution in [0.3, 0.4) is 0 Å². The molecule has 0 saturated carbocycles. The Kier molecular flexibility index (Phi) is 6.90. The maximum absolute atomic E-state index is 11.2. The number of thioether (sulfide) groups is 1. The first-order chi connectivity index (χ1) is 13.1. The van der Waals surface area contributed by atoms with Gasteiger partial charge in [0.05, 0.1) is 18.6 Å². The molecule has 27 heavy (non-hydrogen) atoms. The molecule has 0 fully saturated rings. The number of aryl methyl sites for hydroxylation is 1. The molecule has 0 aliphatic rings. The predicted molar refractivity (Wildman–Crippen MR) is 111 cm³/mol. The zero-order valence-corrected chi connectivity index (χ0v) is 16.9. The second kappa shape index (κ2) is 9.58. The molecule has 6 heteroatoms. The molecule has 0 amide bonds. The van der Waals surface area contributed by atoms with Crippen LogP contribution in [0.25, 0.3) is 11.3 Å². The summed E-state index contributed by atoms with van der Waals surface area (Å²) < 4.78 is 10.5. The zero-order chi connectivity index (χ0) is 19.1. The smallest absolute Gasteiger partial charge is 0.315 e. The second-order valence-electron chi connectivity index (χ2n) is 6.00. The molecule has 2 aromatic carbocycles. The lowest BCUT2D eigenvalue weighted by Crippen LogP contribution is -2.03. The molecule has 0 N–H and O–H groups in total. The van der Waals surface area contributed by atoms with Crippen molar-refractivity contribution in [3.8, 4) is 17.0 Å². The Labute approximate surface area is 167 Å². The SMILES string of the molecule is COC(=O)CSCc1cccc(OCc2nc(-c3ccc(C)cc3)cs2)c1. The van der Waals surface area contributed by atoms with Crippen molar-refractivity contribution in [3.63, 3.8) is 0 Å². The fourth-order valence-electron chi connectivity index (χ4n) is 2.42. The Balaban J connectivity index is 1.55. The van der Waals surface area contributed by atoms with Gasteiger partial charge in [-0.25, -0.2) is 4.98 Å². The molecular formula is C21H21NO3S2. The highest BCUT2D eigenvalue weighted by Gasteiger charge is 2.06. The molecule has 1 heterocycles. The van der Waals surface area contributed by atoms with Crippen LogP contribution in [0, 0.1) is 6.92 Å². The Morgan fingerprint density at radius 3 is 2.78 bits per heavy atom. The van der Waals surface area contributed by atoms with Crippen LogP contribution < -0.4 is 4.74 Å². The number of hydrogen-bond donors (Lipinski definition) is 0. The second-order valence-corrected chi connectivity index (χ2v) is 7.93. The molecule has 4 nitrogen and oxygen atoms in total. The van der Waals surface area contributed by atoms with Gasteiger partial charge in [-0.15, -0.1) is 23.1 Å². The van der Waals surface area contributed by atoms with Crippen LogP contribution in [0.2, 0.25) is 0 Å². The highest BCUT2D eigenvalue weighted by molar-refractivity contribution is 7.99. The molecule has 0 radical (unpaired) electrons. The van der Waals surface area contributed by atoms with E-state index in [1.54, 1.807) is 11.3 Å². The van der Waals surface area contributed by atoms with Gasteiger partial charge >= 0.3 is 5.97 Å². The first-order valence-electron chi connectivity index (χ1n) is 8.52. The van der Waals surface area contributed by atoms with Crippen LogP contribution in [0.15, 0.2) is 53.9 Å². The maximum Gasteiger partial charge on any atom is 0.315 e. The van der Waals surface area contributed by atoms with Crippen LogP contribution in [0.1, 0.15) is 16.1 Å². The molecule has 0 aliphatic carbocycles. The standard InChI is InChI=1S/C21H21NO3S2/c1-15-6-8-17(9-7-15)19-13-27-20(22-19)11-25-18-5-3-4-16(10-18)12-26-14-21(23)24-2/h3-10,13H,11-12,14H2,1-2H3. The van der Waals surface area contributed by atoms with Crippen molar-refractivity contribution in [2.24, 2.45) is 0 Å². The zero-order valence-electron chi connectivity index (χ0n) is 15.3. The number of thiazole rings is 1. The lowest BCUT2D eigenvalue weighted by Gasteiger charge is -2.07. The quantitative estimate of drug-likeness (QED) is 0.493. The fourth-order valence-corrected chi connectivity index (χ4v) is 3.93. The van der Waals surface area contributed by atoms with Crippen molar-refractivity contribution < 1.29 is 14.3 Å². The van der Waals surface area contributed by atoms with Crippen LogP contribution in [0.5, 0.6) is 5.75 Å². The van der Waals surface area contributed by atoms with Gasteiger partial charge in [0.1, 0.15) is 17.4 Å². The maximum atomic E-state index is 11.2. The average molecular weight is 400 g/mol. The number of benzene rings is 2. The van der Waals surface area contributed by atoms with E-state index in [4.69, 9.17) is 4.74 Å². The molecule has 0 aliphatic heterocycles. The molecule has 3 rings (SSSR count). The van der Waals surface area contributed by atoms with Crippen molar-refractivity contribution in [2.45, 2.75) is 19.3 Å². The van der Waals surface area contributed by atoms with Crippen molar-refractivity contribution >= 4 is 29.1 Å². The average Bonchev–Trinajstić information content (AvgIpc) is 3.16. The molecule has 140 valence electrons. The van der Waals surface area contributed by atoms with E-state index in [2.05, 4.69) is 46.3 Å². The number of ether oxygens (including phenoxy) is 2. The number of carbonyl (C=O) groups excluding carboxylic acids is 1. The molecule has 0 atom stereocenters. The largest absolute Gasteiger partial charge is 0.486 e. The normalized spacial score (nSPS) is 10.6. The number of rotatable bonds is 8. The van der Waals surface area contributed by atoms with E-state index in [9.17, 15) is 4.79 Å². The van der Waals surface area contributed by atoms with Gasteiger partial charge in [-0.05, 0) is 24.6 Å². The topological polar surface area (TPSA) is 48.4 Å². The summed E-state index contributed by atoms with van der Waals surface area (Å²) in [6, 6.07) is 16.3. The van der Waals surface area contributed by atoms with E-state index in [0.29, 0.717) is 12.4 Å². The van der Waals surface area contributed by atoms with Crippen LogP contribution in [-0.4, -0.2) is 23.8 Å². The number of hydrogen-bond acceptors (Lipinski definition) is 6. The molecule has 0 bridgehead atoms. The highest BCUT2D eigenvalue weighted by atomic mass is 32.2. The summed E-state index contributed by atoms with van der Waals surface area (Å²) in [6.45, 7) is 2.52. The highest BCUT2D eigenvalue weighted by Crippen LogP contribution is 2.24. The molecular weight excluding hydrogens is 378 g/mol. The Hall–Kier alpha value is -2.31. The predicted octanol–water partition coefficient (Wildman–Crippen LogP) is 5.10. The number of nitrogens with zero attached hydrogens (tertiary/aromatic N) is 1. The molecule has 1 aromatic heterocycles. The van der Waals surface area contributed by atoms with Gasteiger partial charge in [-0.2, -0.15) is 0 Å². The minimum Gasteiger partial charge on any atom is -0.486 e. The third-order valence-electron chi connectivity index (χ3n) is 3.88. The summed E-state index contributed by atoms with van der Waals surface area (Å²) >= 11 is 3.12. The summed E-state index contributed by atoms with van der Waals surface area (Å²) in [5, 5.41) is 3.00. The van der Waals surface area contributed by atoms with Gasteiger partial charge in [0.2, 0.25) is 0 Å². The number of esters is 1. The van der Waals surface area contributed by atoms with E-state index in [1.807, 2.05) is 24.3 Å². The summed E-state index contributed by atoms with van der Waals surface area (Å²) in [5.41, 5.74) is 4.45. The van der Waals surface area contributed by atoms with Crippen molar-refractivity contribution in [1.82, 2.24) is 4.98 Å². The van der Waals surface area contributed by atoms with Crippen molar-refractivity contribution in [1.29, 1.82) is 0 Å². The summed E-state index contributed by atoms with van der Waals surface area (Å²) in [5.74, 6) is 1.68. The van der Waals surface area contributed by atoms with E-state index >= 15 is 0 Å². The van der Waals surface area contributed by atoms with E-state index in [1.165, 1.54) is 24.4 Å². The lowest BCUT2D eigenvalue weighted by atomic mass is 10.1. The van der Waals surface area contributed by atoms with Crippen LogP contribution in [0.4, 0.5) is 0 Å². The lowest BCUT2D eigenvalue weighted by molar-refractivity contribution is -0.137. The molecule has 0 spiro atoms.